The maximum atomic E-state index is 11.6. The van der Waals surface area contributed by atoms with Crippen molar-refractivity contribution in [1.29, 1.82) is 0 Å². The zero-order chi connectivity index (χ0) is 14.2. The molecule has 1 saturated carbocycles. The van der Waals surface area contributed by atoms with Gasteiger partial charge in [-0.2, -0.15) is 0 Å². The van der Waals surface area contributed by atoms with Gasteiger partial charge in [0.25, 0.3) is 0 Å². The van der Waals surface area contributed by atoms with E-state index in [0.29, 0.717) is 17.9 Å². The van der Waals surface area contributed by atoms with Crippen molar-refractivity contribution in [1.82, 2.24) is 4.98 Å². The number of oxime groups is 1. The van der Waals surface area contributed by atoms with E-state index in [1.807, 2.05) is 0 Å². The lowest BCUT2D eigenvalue weighted by molar-refractivity contribution is -0.144. The summed E-state index contributed by atoms with van der Waals surface area (Å²) in [7, 11) is 0. The quantitative estimate of drug-likeness (QED) is 0.388. The molecule has 0 unspecified atom stereocenters. The molecule has 5 heteroatoms. The standard InChI is InChI=1S/C15H21N3O2/c16-15(13-8-10-17-11-9-13)18-20-14(19)7-6-12-4-2-1-3-5-12/h8-12H,1-7H2,(H2,16,18). The largest absolute Gasteiger partial charge is 0.380 e. The van der Waals surface area contributed by atoms with Gasteiger partial charge in [-0.25, -0.2) is 4.79 Å². The first-order valence-corrected chi connectivity index (χ1v) is 7.19. The minimum atomic E-state index is -0.312. The van der Waals surface area contributed by atoms with Gasteiger partial charge in [0, 0.05) is 24.4 Å². The molecule has 0 radical (unpaired) electrons. The van der Waals surface area contributed by atoms with E-state index >= 15 is 0 Å². The minimum Gasteiger partial charge on any atom is -0.380 e. The summed E-state index contributed by atoms with van der Waals surface area (Å²) < 4.78 is 0. The first-order valence-electron chi connectivity index (χ1n) is 7.19. The number of aromatic nitrogens is 1. The average molecular weight is 275 g/mol. The van der Waals surface area contributed by atoms with Crippen LogP contribution in [0.25, 0.3) is 0 Å². The number of hydrogen-bond acceptors (Lipinski definition) is 4. The van der Waals surface area contributed by atoms with Gasteiger partial charge in [-0.1, -0.05) is 37.3 Å². The van der Waals surface area contributed by atoms with Crippen molar-refractivity contribution in [2.75, 3.05) is 0 Å². The van der Waals surface area contributed by atoms with Crippen LogP contribution >= 0.6 is 0 Å². The van der Waals surface area contributed by atoms with Gasteiger partial charge in [0.1, 0.15) is 0 Å². The molecular weight excluding hydrogens is 254 g/mol. The maximum Gasteiger partial charge on any atom is 0.335 e. The van der Waals surface area contributed by atoms with Crippen LogP contribution in [0.4, 0.5) is 0 Å². The second kappa shape index (κ2) is 7.62. The van der Waals surface area contributed by atoms with Crippen LogP contribution in [0.2, 0.25) is 0 Å². The Bertz CT molecular complexity index is 453. The highest BCUT2D eigenvalue weighted by molar-refractivity contribution is 5.97. The molecule has 0 aromatic carbocycles. The molecule has 1 aromatic heterocycles. The molecule has 1 aromatic rings. The van der Waals surface area contributed by atoms with Crippen LogP contribution in [0, 0.1) is 5.92 Å². The van der Waals surface area contributed by atoms with Crippen LogP contribution in [-0.4, -0.2) is 16.8 Å². The van der Waals surface area contributed by atoms with Crippen molar-refractivity contribution in [2.45, 2.75) is 44.9 Å². The number of pyridine rings is 1. The predicted octanol–water partition coefficient (Wildman–Crippen LogP) is 2.61. The topological polar surface area (TPSA) is 77.6 Å². The SMILES string of the molecule is N/C(=N/OC(=O)CCC1CCCCC1)c1ccncc1. The molecule has 20 heavy (non-hydrogen) atoms. The molecule has 0 bridgehead atoms. The fourth-order valence-electron chi connectivity index (χ4n) is 2.52. The summed E-state index contributed by atoms with van der Waals surface area (Å²) in [5, 5.41) is 3.68. The van der Waals surface area contributed by atoms with E-state index in [-0.39, 0.29) is 11.8 Å². The van der Waals surface area contributed by atoms with Crippen LogP contribution in [0.5, 0.6) is 0 Å². The molecule has 1 aliphatic carbocycles. The van der Waals surface area contributed by atoms with E-state index in [0.717, 1.165) is 6.42 Å². The molecule has 2 rings (SSSR count). The third-order valence-electron chi connectivity index (χ3n) is 3.70. The summed E-state index contributed by atoms with van der Waals surface area (Å²) in [6, 6.07) is 3.43. The number of nitrogens with zero attached hydrogens (tertiary/aromatic N) is 2. The maximum absolute atomic E-state index is 11.6. The highest BCUT2D eigenvalue weighted by Crippen LogP contribution is 2.27. The average Bonchev–Trinajstić information content (AvgIpc) is 2.52. The summed E-state index contributed by atoms with van der Waals surface area (Å²) in [6.07, 6.45) is 10.9. The second-order valence-corrected chi connectivity index (χ2v) is 5.22. The van der Waals surface area contributed by atoms with Crippen molar-refractivity contribution < 1.29 is 9.63 Å². The highest BCUT2D eigenvalue weighted by atomic mass is 16.7. The molecule has 1 fully saturated rings. The predicted molar refractivity (Wildman–Crippen MR) is 76.9 cm³/mol. The van der Waals surface area contributed by atoms with Crippen molar-refractivity contribution in [3.8, 4) is 0 Å². The Morgan fingerprint density at radius 1 is 1.30 bits per heavy atom. The van der Waals surface area contributed by atoms with Gasteiger partial charge < -0.3 is 10.6 Å². The van der Waals surface area contributed by atoms with Gasteiger partial charge in [0.05, 0.1) is 0 Å². The van der Waals surface area contributed by atoms with Gasteiger partial charge >= 0.3 is 5.97 Å². The zero-order valence-corrected chi connectivity index (χ0v) is 11.6. The lowest BCUT2D eigenvalue weighted by Crippen LogP contribution is -2.15. The van der Waals surface area contributed by atoms with Crippen molar-refractivity contribution in [2.24, 2.45) is 16.8 Å². The zero-order valence-electron chi connectivity index (χ0n) is 11.6. The van der Waals surface area contributed by atoms with E-state index in [1.165, 1.54) is 32.1 Å². The number of rotatable bonds is 5. The molecule has 0 saturated heterocycles. The number of nitrogens with two attached hydrogens (primary N) is 1. The highest BCUT2D eigenvalue weighted by Gasteiger charge is 2.15. The fraction of sp³-hybridized carbons (Fsp3) is 0.533. The summed E-state index contributed by atoms with van der Waals surface area (Å²) in [4.78, 5) is 20.4. The molecule has 0 aliphatic heterocycles. The summed E-state index contributed by atoms with van der Waals surface area (Å²) in [5.41, 5.74) is 6.42. The van der Waals surface area contributed by atoms with E-state index in [1.54, 1.807) is 24.5 Å². The van der Waals surface area contributed by atoms with E-state index in [2.05, 4.69) is 10.1 Å². The van der Waals surface area contributed by atoms with Gasteiger partial charge in [0.2, 0.25) is 0 Å². The van der Waals surface area contributed by atoms with Gasteiger partial charge in [0.15, 0.2) is 5.84 Å². The van der Waals surface area contributed by atoms with Crippen LogP contribution in [0.1, 0.15) is 50.5 Å². The molecule has 0 atom stereocenters. The van der Waals surface area contributed by atoms with Crippen LogP contribution in [0.3, 0.4) is 0 Å². The van der Waals surface area contributed by atoms with Crippen molar-refractivity contribution >= 4 is 11.8 Å². The summed E-state index contributed by atoms with van der Waals surface area (Å²) >= 11 is 0. The molecular formula is C15H21N3O2. The van der Waals surface area contributed by atoms with Crippen LogP contribution < -0.4 is 5.73 Å². The Balaban J connectivity index is 1.74. The lowest BCUT2D eigenvalue weighted by atomic mass is 9.86. The van der Waals surface area contributed by atoms with Gasteiger partial charge in [-0.3, -0.25) is 4.98 Å². The molecule has 5 nitrogen and oxygen atoms in total. The molecule has 0 amide bonds. The molecule has 0 spiro atoms. The Labute approximate surface area is 119 Å². The Kier molecular flexibility index (Phi) is 5.53. The normalized spacial score (nSPS) is 16.9. The van der Waals surface area contributed by atoms with Gasteiger partial charge in [-0.15, -0.1) is 0 Å². The van der Waals surface area contributed by atoms with Crippen LogP contribution in [-0.2, 0) is 9.63 Å². The second-order valence-electron chi connectivity index (χ2n) is 5.22. The third kappa shape index (κ3) is 4.64. The number of amidine groups is 1. The Morgan fingerprint density at radius 2 is 2.00 bits per heavy atom. The van der Waals surface area contributed by atoms with Crippen LogP contribution in [0.15, 0.2) is 29.7 Å². The molecule has 1 aliphatic rings. The van der Waals surface area contributed by atoms with Crippen molar-refractivity contribution in [3.05, 3.63) is 30.1 Å². The number of carbonyl (C=O) groups excluding carboxylic acids is 1. The third-order valence-corrected chi connectivity index (χ3v) is 3.70. The van der Waals surface area contributed by atoms with Crippen molar-refractivity contribution in [3.63, 3.8) is 0 Å². The monoisotopic (exact) mass is 275 g/mol. The fourth-order valence-corrected chi connectivity index (χ4v) is 2.52. The lowest BCUT2D eigenvalue weighted by Gasteiger charge is -2.20. The minimum absolute atomic E-state index is 0.193. The number of hydrogen-bond donors (Lipinski definition) is 1. The first kappa shape index (κ1) is 14.5. The first-order chi connectivity index (χ1) is 9.75. The Morgan fingerprint density at radius 3 is 2.70 bits per heavy atom. The van der Waals surface area contributed by atoms with E-state index < -0.39 is 0 Å². The summed E-state index contributed by atoms with van der Waals surface area (Å²) in [5.74, 6) is 0.545. The summed E-state index contributed by atoms with van der Waals surface area (Å²) in [6.45, 7) is 0. The molecule has 1 heterocycles. The van der Waals surface area contributed by atoms with Gasteiger partial charge in [-0.05, 0) is 24.5 Å². The smallest absolute Gasteiger partial charge is 0.335 e. The molecule has 2 N–H and O–H groups in total. The molecule has 108 valence electrons. The number of carbonyl (C=O) groups is 1. The van der Waals surface area contributed by atoms with E-state index in [4.69, 9.17) is 10.6 Å². The van der Waals surface area contributed by atoms with E-state index in [9.17, 15) is 4.79 Å². The Hall–Kier alpha value is -1.91.